The molecule has 0 aliphatic heterocycles. The van der Waals surface area contributed by atoms with Gasteiger partial charge < -0.3 is 5.32 Å². The van der Waals surface area contributed by atoms with Crippen molar-refractivity contribution in [3.05, 3.63) is 40.0 Å². The zero-order valence-electron chi connectivity index (χ0n) is 8.61. The molecule has 1 heterocycles. The van der Waals surface area contributed by atoms with Crippen LogP contribution in [0, 0.1) is 0 Å². The monoisotopic (exact) mass is 313 g/mol. The Balaban J connectivity index is 2.32. The molecule has 4 N–H and O–H groups in total. The van der Waals surface area contributed by atoms with Crippen molar-refractivity contribution in [3.8, 4) is 0 Å². The van der Waals surface area contributed by atoms with Gasteiger partial charge in [0.15, 0.2) is 5.82 Å². The molecule has 0 amide bonds. The SMILES string of the molecule is NNc1ncc(Cl)c(Nc2ccccc2Br)n1. The Bertz CT molecular complexity index is 534. The van der Waals surface area contributed by atoms with Crippen LogP contribution < -0.4 is 16.6 Å². The highest BCUT2D eigenvalue weighted by molar-refractivity contribution is 9.10. The van der Waals surface area contributed by atoms with Crippen LogP contribution in [-0.4, -0.2) is 9.97 Å². The molecule has 2 rings (SSSR count). The van der Waals surface area contributed by atoms with Gasteiger partial charge in [-0.2, -0.15) is 4.98 Å². The summed E-state index contributed by atoms with van der Waals surface area (Å²) < 4.78 is 0.914. The topological polar surface area (TPSA) is 75.9 Å². The van der Waals surface area contributed by atoms with Crippen LogP contribution in [0.3, 0.4) is 0 Å². The molecule has 88 valence electrons. The minimum Gasteiger partial charge on any atom is -0.338 e. The van der Waals surface area contributed by atoms with E-state index in [4.69, 9.17) is 17.4 Å². The summed E-state index contributed by atoms with van der Waals surface area (Å²) in [6, 6.07) is 7.64. The van der Waals surface area contributed by atoms with Crippen LogP contribution in [0.25, 0.3) is 0 Å². The van der Waals surface area contributed by atoms with Crippen molar-refractivity contribution in [1.82, 2.24) is 9.97 Å². The molecule has 5 nitrogen and oxygen atoms in total. The average Bonchev–Trinajstić information content (AvgIpc) is 2.35. The molecule has 0 radical (unpaired) electrons. The van der Waals surface area contributed by atoms with E-state index in [0.29, 0.717) is 16.8 Å². The predicted molar refractivity (Wildman–Crippen MR) is 72.3 cm³/mol. The highest BCUT2D eigenvalue weighted by Gasteiger charge is 2.06. The second-order valence-corrected chi connectivity index (χ2v) is 4.40. The van der Waals surface area contributed by atoms with E-state index in [1.54, 1.807) is 0 Å². The lowest BCUT2D eigenvalue weighted by atomic mass is 10.3. The van der Waals surface area contributed by atoms with Gasteiger partial charge in [-0.25, -0.2) is 10.8 Å². The Morgan fingerprint density at radius 3 is 2.76 bits per heavy atom. The summed E-state index contributed by atoms with van der Waals surface area (Å²) >= 11 is 9.41. The fourth-order valence-electron chi connectivity index (χ4n) is 1.21. The molecule has 1 aromatic carbocycles. The summed E-state index contributed by atoms with van der Waals surface area (Å²) in [6.45, 7) is 0. The second kappa shape index (κ2) is 5.31. The van der Waals surface area contributed by atoms with Gasteiger partial charge in [0.1, 0.15) is 5.02 Å². The van der Waals surface area contributed by atoms with Gasteiger partial charge in [0.05, 0.1) is 11.9 Å². The summed E-state index contributed by atoms with van der Waals surface area (Å²) in [6.07, 6.45) is 1.48. The fraction of sp³-hybridized carbons (Fsp3) is 0. The zero-order chi connectivity index (χ0) is 12.3. The lowest BCUT2D eigenvalue weighted by Crippen LogP contribution is -2.11. The lowest BCUT2D eigenvalue weighted by Gasteiger charge is -2.09. The minimum absolute atomic E-state index is 0.295. The van der Waals surface area contributed by atoms with Gasteiger partial charge in [-0.15, -0.1) is 0 Å². The van der Waals surface area contributed by atoms with Crippen LogP contribution in [0.1, 0.15) is 0 Å². The van der Waals surface area contributed by atoms with Crippen molar-refractivity contribution >= 4 is 45.0 Å². The molecule has 7 heteroatoms. The number of benzene rings is 1. The van der Waals surface area contributed by atoms with Crippen molar-refractivity contribution in [1.29, 1.82) is 0 Å². The highest BCUT2D eigenvalue weighted by atomic mass is 79.9. The van der Waals surface area contributed by atoms with Crippen LogP contribution in [0.15, 0.2) is 34.9 Å². The minimum atomic E-state index is 0.295. The Kier molecular flexibility index (Phi) is 3.78. The molecule has 0 fully saturated rings. The number of hydrogen-bond acceptors (Lipinski definition) is 5. The van der Waals surface area contributed by atoms with Crippen molar-refractivity contribution in [2.24, 2.45) is 5.84 Å². The third-order valence-corrected chi connectivity index (χ3v) is 2.97. The molecule has 1 aromatic heterocycles. The molecule has 0 unspecified atom stereocenters. The molecule has 17 heavy (non-hydrogen) atoms. The first-order valence-corrected chi connectivity index (χ1v) is 5.88. The lowest BCUT2D eigenvalue weighted by molar-refractivity contribution is 1.12. The molecule has 0 saturated carbocycles. The summed E-state index contributed by atoms with van der Waals surface area (Å²) in [4.78, 5) is 8.01. The standard InChI is InChI=1S/C10H9BrClN5/c11-6-3-1-2-4-8(6)15-9-7(12)5-14-10(16-9)17-13/h1-5H,13H2,(H2,14,15,16,17). The number of hydrazine groups is 1. The van der Waals surface area contributed by atoms with E-state index in [1.165, 1.54) is 6.20 Å². The molecule has 2 aromatic rings. The van der Waals surface area contributed by atoms with E-state index >= 15 is 0 Å². The molecule has 0 aliphatic rings. The molecule has 0 saturated heterocycles. The number of nitrogens with one attached hydrogen (secondary N) is 2. The number of halogens is 2. The number of rotatable bonds is 3. The third kappa shape index (κ3) is 2.85. The van der Waals surface area contributed by atoms with Crippen molar-refractivity contribution in [2.75, 3.05) is 10.7 Å². The maximum Gasteiger partial charge on any atom is 0.239 e. The van der Waals surface area contributed by atoms with E-state index in [9.17, 15) is 0 Å². The van der Waals surface area contributed by atoms with Crippen molar-refractivity contribution in [3.63, 3.8) is 0 Å². The van der Waals surface area contributed by atoms with Gasteiger partial charge in [0.2, 0.25) is 5.95 Å². The number of anilines is 3. The Morgan fingerprint density at radius 1 is 1.29 bits per heavy atom. The van der Waals surface area contributed by atoms with E-state index in [0.717, 1.165) is 10.2 Å². The highest BCUT2D eigenvalue weighted by Crippen LogP contribution is 2.28. The Labute approximate surface area is 112 Å². The molecule has 0 bridgehead atoms. The second-order valence-electron chi connectivity index (χ2n) is 3.14. The van der Waals surface area contributed by atoms with E-state index in [1.807, 2.05) is 24.3 Å². The Hall–Kier alpha value is -1.37. The normalized spacial score (nSPS) is 10.1. The molecular formula is C10H9BrClN5. The Morgan fingerprint density at radius 2 is 2.06 bits per heavy atom. The van der Waals surface area contributed by atoms with Crippen LogP contribution in [0.4, 0.5) is 17.5 Å². The van der Waals surface area contributed by atoms with Crippen LogP contribution >= 0.6 is 27.5 Å². The van der Waals surface area contributed by atoms with Crippen LogP contribution in [0.5, 0.6) is 0 Å². The molecule has 0 spiro atoms. The smallest absolute Gasteiger partial charge is 0.239 e. The van der Waals surface area contributed by atoms with Gasteiger partial charge in [0.25, 0.3) is 0 Å². The van der Waals surface area contributed by atoms with E-state index in [2.05, 4.69) is 36.6 Å². The summed E-state index contributed by atoms with van der Waals surface area (Å²) in [5.74, 6) is 6.02. The van der Waals surface area contributed by atoms with Crippen molar-refractivity contribution < 1.29 is 0 Å². The number of nitrogen functional groups attached to an aromatic ring is 1. The van der Waals surface area contributed by atoms with Crippen molar-refractivity contribution in [2.45, 2.75) is 0 Å². The third-order valence-electron chi connectivity index (χ3n) is 2.00. The number of para-hydroxylation sites is 1. The quantitative estimate of drug-likeness (QED) is 0.600. The zero-order valence-corrected chi connectivity index (χ0v) is 11.0. The first kappa shape index (κ1) is 12.1. The number of aromatic nitrogens is 2. The van der Waals surface area contributed by atoms with E-state index < -0.39 is 0 Å². The predicted octanol–water partition coefficient (Wildman–Crippen LogP) is 2.92. The summed E-state index contributed by atoms with van der Waals surface area (Å²) in [5, 5.41) is 3.51. The van der Waals surface area contributed by atoms with Crippen LogP contribution in [-0.2, 0) is 0 Å². The van der Waals surface area contributed by atoms with Crippen LogP contribution in [0.2, 0.25) is 5.02 Å². The fourth-order valence-corrected chi connectivity index (χ4v) is 1.74. The largest absolute Gasteiger partial charge is 0.338 e. The van der Waals surface area contributed by atoms with Gasteiger partial charge in [-0.3, -0.25) is 5.43 Å². The number of nitrogens with zero attached hydrogens (tertiary/aromatic N) is 2. The first-order valence-electron chi connectivity index (χ1n) is 4.71. The molecule has 0 atom stereocenters. The maximum atomic E-state index is 5.98. The van der Waals surface area contributed by atoms with Gasteiger partial charge in [-0.1, -0.05) is 23.7 Å². The average molecular weight is 315 g/mol. The van der Waals surface area contributed by atoms with E-state index in [-0.39, 0.29) is 0 Å². The van der Waals surface area contributed by atoms with Gasteiger partial charge in [0, 0.05) is 4.47 Å². The van der Waals surface area contributed by atoms with Gasteiger partial charge >= 0.3 is 0 Å². The molecular weight excluding hydrogens is 306 g/mol. The summed E-state index contributed by atoms with van der Waals surface area (Å²) in [7, 11) is 0. The maximum absolute atomic E-state index is 5.98. The first-order chi connectivity index (χ1) is 8.20. The number of hydrogen-bond donors (Lipinski definition) is 3. The number of nitrogens with two attached hydrogens (primary N) is 1. The molecule has 0 aliphatic carbocycles. The summed E-state index contributed by atoms with van der Waals surface area (Å²) in [5.41, 5.74) is 3.22. The van der Waals surface area contributed by atoms with Gasteiger partial charge in [-0.05, 0) is 28.1 Å².